The standard InChI is InChI=1S/C34H31ClN6O3/c35-25-15-16-30-27(19-25)28(37-41(30)32-10-4-6-18-44-32)20-36-34(43)33-26-7-1-2-8-29(26)40(38-33)22-24-13-11-23(12-14-24)21-39-17-5-3-9-31(39)42/h1-3,5,7-9,11-17,19,32H,4,6,10,18,20-22H2,(H,36,43). The monoisotopic (exact) mass is 606 g/mol. The molecule has 1 aliphatic rings. The number of nitrogens with one attached hydrogen (secondary N) is 1. The highest BCUT2D eigenvalue weighted by molar-refractivity contribution is 6.31. The van der Waals surface area contributed by atoms with E-state index in [4.69, 9.17) is 26.5 Å². The zero-order valence-electron chi connectivity index (χ0n) is 24.0. The molecule has 1 unspecified atom stereocenters. The average molecular weight is 607 g/mol. The molecule has 1 fully saturated rings. The van der Waals surface area contributed by atoms with Gasteiger partial charge in [-0.1, -0.05) is 60.1 Å². The van der Waals surface area contributed by atoms with Gasteiger partial charge in [0.15, 0.2) is 11.9 Å². The minimum absolute atomic E-state index is 0.0334. The zero-order chi connectivity index (χ0) is 30.0. The first kappa shape index (κ1) is 28.1. The molecule has 10 heteroatoms. The Morgan fingerprint density at radius 2 is 1.68 bits per heavy atom. The number of pyridine rings is 1. The van der Waals surface area contributed by atoms with Gasteiger partial charge in [-0.25, -0.2) is 4.68 Å². The van der Waals surface area contributed by atoms with Gasteiger partial charge < -0.3 is 14.6 Å². The van der Waals surface area contributed by atoms with Crippen LogP contribution in [0.3, 0.4) is 0 Å². The van der Waals surface area contributed by atoms with E-state index < -0.39 is 0 Å². The number of rotatable bonds is 8. The number of hydrogen-bond acceptors (Lipinski definition) is 5. The number of amides is 1. The highest BCUT2D eigenvalue weighted by atomic mass is 35.5. The SMILES string of the molecule is O=C(NCc1nn(C2CCCCO2)c2ccc(Cl)cc12)c1nn(Cc2ccc(Cn3ccccc3=O)cc2)c2ccccc12. The zero-order valence-corrected chi connectivity index (χ0v) is 24.8. The molecule has 1 aliphatic heterocycles. The fourth-order valence-electron chi connectivity index (χ4n) is 5.82. The molecule has 44 heavy (non-hydrogen) atoms. The minimum Gasteiger partial charge on any atom is -0.356 e. The molecule has 3 aromatic heterocycles. The number of benzene rings is 3. The van der Waals surface area contributed by atoms with Crippen molar-refractivity contribution in [2.24, 2.45) is 0 Å². The van der Waals surface area contributed by atoms with Crippen LogP contribution >= 0.6 is 11.6 Å². The largest absolute Gasteiger partial charge is 0.356 e. The molecule has 7 rings (SSSR count). The summed E-state index contributed by atoms with van der Waals surface area (Å²) >= 11 is 6.35. The molecule has 9 nitrogen and oxygen atoms in total. The molecule has 3 aromatic carbocycles. The Balaban J connectivity index is 1.11. The van der Waals surface area contributed by atoms with Crippen LogP contribution in [0.1, 0.15) is 52.8 Å². The van der Waals surface area contributed by atoms with Crippen LogP contribution in [0.2, 0.25) is 5.02 Å². The van der Waals surface area contributed by atoms with E-state index in [1.165, 1.54) is 0 Å². The van der Waals surface area contributed by atoms with Gasteiger partial charge in [0.1, 0.15) is 0 Å². The van der Waals surface area contributed by atoms with Crippen molar-refractivity contribution in [1.82, 2.24) is 29.4 Å². The van der Waals surface area contributed by atoms with E-state index in [0.29, 0.717) is 30.4 Å². The van der Waals surface area contributed by atoms with Crippen LogP contribution in [0.4, 0.5) is 0 Å². The highest BCUT2D eigenvalue weighted by Crippen LogP contribution is 2.30. The van der Waals surface area contributed by atoms with Gasteiger partial charge in [-0.15, -0.1) is 0 Å². The molecule has 4 heterocycles. The molecular weight excluding hydrogens is 576 g/mol. The van der Waals surface area contributed by atoms with Crippen molar-refractivity contribution >= 4 is 39.3 Å². The Kier molecular flexibility index (Phi) is 7.72. The molecule has 1 amide bonds. The molecule has 0 bridgehead atoms. The third-order valence-electron chi connectivity index (χ3n) is 8.07. The van der Waals surface area contributed by atoms with Crippen molar-refractivity contribution in [2.75, 3.05) is 6.61 Å². The van der Waals surface area contributed by atoms with Gasteiger partial charge in [0.05, 0.1) is 36.4 Å². The fraction of sp³-hybridized carbons (Fsp3) is 0.235. The third kappa shape index (κ3) is 5.64. The van der Waals surface area contributed by atoms with Gasteiger partial charge in [0.25, 0.3) is 11.5 Å². The first-order valence-electron chi connectivity index (χ1n) is 14.8. The number of aromatic nitrogens is 5. The van der Waals surface area contributed by atoms with Crippen molar-refractivity contribution in [1.29, 1.82) is 0 Å². The molecule has 1 saturated heterocycles. The number of fused-ring (bicyclic) bond motifs is 2. The van der Waals surface area contributed by atoms with Crippen molar-refractivity contribution < 1.29 is 9.53 Å². The van der Waals surface area contributed by atoms with Gasteiger partial charge in [0.2, 0.25) is 0 Å². The lowest BCUT2D eigenvalue weighted by Gasteiger charge is -2.23. The third-order valence-corrected chi connectivity index (χ3v) is 8.30. The van der Waals surface area contributed by atoms with Gasteiger partial charge in [-0.2, -0.15) is 10.2 Å². The second-order valence-corrected chi connectivity index (χ2v) is 11.5. The van der Waals surface area contributed by atoms with Crippen LogP contribution in [0.15, 0.2) is 95.9 Å². The van der Waals surface area contributed by atoms with Crippen molar-refractivity contribution in [3.8, 4) is 0 Å². The molecule has 222 valence electrons. The molecule has 0 aliphatic carbocycles. The second-order valence-electron chi connectivity index (χ2n) is 11.1. The maximum Gasteiger partial charge on any atom is 0.272 e. The summed E-state index contributed by atoms with van der Waals surface area (Å²) in [6, 6.07) is 26.7. The van der Waals surface area contributed by atoms with E-state index in [-0.39, 0.29) is 24.2 Å². The van der Waals surface area contributed by atoms with E-state index in [2.05, 4.69) is 5.32 Å². The van der Waals surface area contributed by atoms with Gasteiger partial charge in [-0.05, 0) is 60.7 Å². The van der Waals surface area contributed by atoms with Gasteiger partial charge in [-0.3, -0.25) is 14.3 Å². The van der Waals surface area contributed by atoms with Crippen LogP contribution in [-0.2, 0) is 24.4 Å². The van der Waals surface area contributed by atoms with E-state index >= 15 is 0 Å². The first-order chi connectivity index (χ1) is 21.5. The number of ether oxygens (including phenoxy) is 1. The lowest BCUT2D eigenvalue weighted by atomic mass is 10.1. The predicted octanol–water partition coefficient (Wildman–Crippen LogP) is 5.93. The normalized spacial score (nSPS) is 15.2. The molecule has 0 radical (unpaired) electrons. The van der Waals surface area contributed by atoms with Crippen LogP contribution in [0, 0.1) is 0 Å². The number of carbonyl (C=O) groups excluding carboxylic acids is 1. The van der Waals surface area contributed by atoms with E-state index in [0.717, 1.165) is 57.9 Å². The number of hydrogen-bond donors (Lipinski definition) is 1. The highest BCUT2D eigenvalue weighted by Gasteiger charge is 2.23. The van der Waals surface area contributed by atoms with Crippen LogP contribution in [-0.4, -0.2) is 36.6 Å². The van der Waals surface area contributed by atoms with Crippen molar-refractivity contribution in [2.45, 2.75) is 45.1 Å². The molecular formula is C34H31ClN6O3. The Bertz CT molecular complexity index is 2020. The number of carbonyl (C=O) groups is 1. The second kappa shape index (κ2) is 12.1. The van der Waals surface area contributed by atoms with E-state index in [9.17, 15) is 9.59 Å². The van der Waals surface area contributed by atoms with Crippen LogP contribution in [0.5, 0.6) is 0 Å². The lowest BCUT2D eigenvalue weighted by molar-refractivity contribution is -0.0369. The Hall–Kier alpha value is -4.73. The Labute approximate surface area is 258 Å². The molecule has 1 N–H and O–H groups in total. The van der Waals surface area contributed by atoms with Crippen molar-refractivity contribution in [3.63, 3.8) is 0 Å². The maximum absolute atomic E-state index is 13.6. The van der Waals surface area contributed by atoms with Gasteiger partial charge in [0, 0.05) is 34.7 Å². The Morgan fingerprint density at radius 1 is 0.886 bits per heavy atom. The summed E-state index contributed by atoms with van der Waals surface area (Å²) < 4.78 is 11.4. The predicted molar refractivity (Wildman–Crippen MR) is 170 cm³/mol. The summed E-state index contributed by atoms with van der Waals surface area (Å²) in [6.07, 6.45) is 4.68. The van der Waals surface area contributed by atoms with Crippen molar-refractivity contribution in [3.05, 3.63) is 129 Å². The molecule has 0 saturated carbocycles. The number of nitrogens with zero attached hydrogens (tertiary/aromatic N) is 5. The lowest BCUT2D eigenvalue weighted by Crippen LogP contribution is -2.24. The summed E-state index contributed by atoms with van der Waals surface area (Å²) in [5, 5.41) is 14.9. The van der Waals surface area contributed by atoms with Crippen LogP contribution < -0.4 is 10.9 Å². The quantitative estimate of drug-likeness (QED) is 0.232. The first-order valence-corrected chi connectivity index (χ1v) is 15.2. The maximum atomic E-state index is 13.6. The molecule has 0 spiro atoms. The smallest absolute Gasteiger partial charge is 0.272 e. The summed E-state index contributed by atoms with van der Waals surface area (Å²) in [4.78, 5) is 25.6. The van der Waals surface area contributed by atoms with E-state index in [1.54, 1.807) is 22.9 Å². The summed E-state index contributed by atoms with van der Waals surface area (Å²) in [5.41, 5.74) is 4.92. The summed E-state index contributed by atoms with van der Waals surface area (Å²) in [7, 11) is 0. The summed E-state index contributed by atoms with van der Waals surface area (Å²) in [6.45, 7) is 1.93. The average Bonchev–Trinajstić information content (AvgIpc) is 3.60. The topological polar surface area (TPSA) is 96.0 Å². The summed E-state index contributed by atoms with van der Waals surface area (Å²) in [5.74, 6) is -0.276. The van der Waals surface area contributed by atoms with E-state index in [1.807, 2.05) is 82.2 Å². The molecule has 1 atom stereocenters. The number of halogens is 1. The molecule has 6 aromatic rings. The fourth-order valence-corrected chi connectivity index (χ4v) is 5.99. The Morgan fingerprint density at radius 3 is 2.48 bits per heavy atom. The number of para-hydroxylation sites is 1. The minimum atomic E-state index is -0.276. The van der Waals surface area contributed by atoms with Crippen LogP contribution in [0.25, 0.3) is 21.8 Å². The van der Waals surface area contributed by atoms with Gasteiger partial charge >= 0.3 is 0 Å².